The van der Waals surface area contributed by atoms with E-state index in [1.54, 1.807) is 10.9 Å². The van der Waals surface area contributed by atoms with E-state index in [9.17, 15) is 40.9 Å². The number of aliphatic hydroxyl groups excluding tert-OH is 8. The number of carbonyl (C=O) groups excluding carboxylic acids is 1. The molecule has 10 atom stereocenters. The van der Waals surface area contributed by atoms with Crippen LogP contribution in [0, 0.1) is 0 Å². The van der Waals surface area contributed by atoms with Crippen LogP contribution < -0.4 is 14.5 Å². The third-order valence-electron chi connectivity index (χ3n) is 18.9. The van der Waals surface area contributed by atoms with Crippen LogP contribution in [0.4, 0.5) is 11.4 Å². The van der Waals surface area contributed by atoms with Gasteiger partial charge in [0.15, 0.2) is 12.5 Å². The Morgan fingerprint density at radius 1 is 0.551 bits per heavy atom. The molecule has 0 aliphatic carbocycles. The first-order valence-electron chi connectivity index (χ1n) is 31.2. The summed E-state index contributed by atoms with van der Waals surface area (Å²) in [6, 6.07) is 13.0. The van der Waals surface area contributed by atoms with Gasteiger partial charge in [0.05, 0.1) is 88.9 Å². The van der Waals surface area contributed by atoms with E-state index in [-0.39, 0.29) is 25.5 Å². The third kappa shape index (κ3) is 10.9. The van der Waals surface area contributed by atoms with Crippen LogP contribution in [0.3, 0.4) is 0 Å². The average molecular weight is 1230 g/mol. The normalized spacial score (nSPS) is 26.5. The minimum atomic E-state index is -1.62. The molecule has 28 heteroatoms. The topological polar surface area (TPSA) is 339 Å². The fourth-order valence-corrected chi connectivity index (χ4v) is 14.8. The van der Waals surface area contributed by atoms with Gasteiger partial charge in [0, 0.05) is 97.7 Å². The molecule has 4 unspecified atom stereocenters. The van der Waals surface area contributed by atoms with Crippen LogP contribution in [0.2, 0.25) is 0 Å². The molecule has 0 bridgehead atoms. The van der Waals surface area contributed by atoms with Gasteiger partial charge in [-0.15, -0.1) is 15.3 Å². The number of benzene rings is 3. The Balaban J connectivity index is 0.599. The second-order valence-electron chi connectivity index (χ2n) is 24.5. The van der Waals surface area contributed by atoms with Crippen molar-refractivity contribution in [1.82, 2.24) is 54.8 Å². The number of anilines is 2. The molecule has 8 aliphatic heterocycles. The van der Waals surface area contributed by atoms with E-state index in [0.29, 0.717) is 69.8 Å². The number of ether oxygens (including phenoxy) is 6. The highest BCUT2D eigenvalue weighted by Gasteiger charge is 2.58. The Kier molecular flexibility index (Phi) is 17.0. The SMILES string of the molecule is O=C1c2ccccc2C2(c3cc4c5c(c3Oc3c2cc2c6c3CCCN6CCC2)CCCN5CCC4)N1CCOCCOCCOCCn1cc(CN(Cc2cn([C@H]3OC(CO)[C@@H](O)[C@H](O)C3O)nn2)Cc2cn([C@H]3OC(CO)[C@H](O)[C@@H](O)C3O)nn2)nn1. The van der Waals surface area contributed by atoms with Crippen molar-refractivity contribution >= 4 is 17.3 Å². The second kappa shape index (κ2) is 25.2. The van der Waals surface area contributed by atoms with Crippen molar-refractivity contribution in [2.24, 2.45) is 0 Å². The van der Waals surface area contributed by atoms with Crippen LogP contribution >= 0.6 is 0 Å². The highest BCUT2D eigenvalue weighted by molar-refractivity contribution is 6.03. The molecule has 89 heavy (non-hydrogen) atoms. The smallest absolute Gasteiger partial charge is 0.255 e. The lowest BCUT2D eigenvalue weighted by atomic mass is 9.70. The van der Waals surface area contributed by atoms with Crippen LogP contribution in [0.1, 0.15) is 105 Å². The first-order chi connectivity index (χ1) is 43.4. The van der Waals surface area contributed by atoms with Crippen LogP contribution in [0.15, 0.2) is 55.0 Å². The highest BCUT2D eigenvalue weighted by atomic mass is 16.6. The summed E-state index contributed by atoms with van der Waals surface area (Å²) in [5.41, 5.74) is 12.2. The molecule has 2 fully saturated rings. The molecule has 3 aromatic carbocycles. The zero-order chi connectivity index (χ0) is 61.1. The Hall–Kier alpha value is -6.61. The molecular weight excluding hydrogens is 1150 g/mol. The molecule has 6 aromatic rings. The highest BCUT2D eigenvalue weighted by Crippen LogP contribution is 2.62. The van der Waals surface area contributed by atoms with Crippen molar-refractivity contribution in [1.29, 1.82) is 0 Å². The van der Waals surface area contributed by atoms with Gasteiger partial charge in [-0.1, -0.05) is 33.8 Å². The molecule has 1 amide bonds. The van der Waals surface area contributed by atoms with E-state index in [1.165, 1.54) is 55.4 Å². The summed E-state index contributed by atoms with van der Waals surface area (Å²) in [5.74, 6) is 1.86. The van der Waals surface area contributed by atoms with Gasteiger partial charge >= 0.3 is 0 Å². The van der Waals surface area contributed by atoms with Crippen LogP contribution in [-0.2, 0) is 81.1 Å². The van der Waals surface area contributed by atoms with Gasteiger partial charge in [0.2, 0.25) is 0 Å². The summed E-state index contributed by atoms with van der Waals surface area (Å²) >= 11 is 0. The third-order valence-corrected chi connectivity index (χ3v) is 18.9. The number of aryl methyl sites for hydroxylation is 2. The van der Waals surface area contributed by atoms with Crippen molar-refractivity contribution in [3.63, 3.8) is 0 Å². The van der Waals surface area contributed by atoms with E-state index in [1.807, 2.05) is 17.0 Å². The lowest BCUT2D eigenvalue weighted by Crippen LogP contribution is -2.56. The zero-order valence-electron chi connectivity index (χ0n) is 49.4. The summed E-state index contributed by atoms with van der Waals surface area (Å²) in [7, 11) is 0. The lowest BCUT2D eigenvalue weighted by Gasteiger charge is -2.49. The van der Waals surface area contributed by atoms with Crippen molar-refractivity contribution in [2.75, 3.05) is 95.4 Å². The van der Waals surface area contributed by atoms with Gasteiger partial charge in [-0.3, -0.25) is 9.69 Å². The maximum absolute atomic E-state index is 15.1. The quantitative estimate of drug-likeness (QED) is 0.0401. The van der Waals surface area contributed by atoms with E-state index >= 15 is 4.79 Å². The Labute approximate surface area is 512 Å². The van der Waals surface area contributed by atoms with Crippen molar-refractivity contribution in [3.8, 4) is 11.5 Å². The number of hydrogen-bond acceptors (Lipinski definition) is 24. The van der Waals surface area contributed by atoms with Crippen molar-refractivity contribution < 1.29 is 74.1 Å². The minimum absolute atomic E-state index is 0.00488. The molecule has 0 saturated carbocycles. The Morgan fingerprint density at radius 3 is 1.55 bits per heavy atom. The summed E-state index contributed by atoms with van der Waals surface area (Å²) in [4.78, 5) is 24.2. The molecule has 0 radical (unpaired) electrons. The summed E-state index contributed by atoms with van der Waals surface area (Å²) in [6.45, 7) is 6.04. The molecule has 3 aromatic heterocycles. The van der Waals surface area contributed by atoms with E-state index < -0.39 is 80.0 Å². The zero-order valence-corrected chi connectivity index (χ0v) is 49.4. The van der Waals surface area contributed by atoms with Crippen LogP contribution in [-0.4, -0.2) is 236 Å². The largest absolute Gasteiger partial charge is 0.456 e. The maximum atomic E-state index is 15.1. The molecule has 2 saturated heterocycles. The van der Waals surface area contributed by atoms with E-state index in [2.05, 4.69) is 69.9 Å². The number of amides is 1. The van der Waals surface area contributed by atoms with E-state index in [4.69, 9.17) is 28.4 Å². The fraction of sp³-hybridized carbons (Fsp3) is 0.590. The molecular formula is C61H77N13O15. The first-order valence-corrected chi connectivity index (χ1v) is 31.2. The van der Waals surface area contributed by atoms with Gasteiger partial charge in [0.1, 0.15) is 65.9 Å². The Bertz CT molecular complexity index is 3360. The molecule has 8 aliphatic rings. The molecule has 14 rings (SSSR count). The number of aliphatic hydroxyl groups is 8. The molecule has 8 N–H and O–H groups in total. The van der Waals surface area contributed by atoms with Crippen molar-refractivity contribution in [2.45, 2.75) is 144 Å². The van der Waals surface area contributed by atoms with Crippen LogP contribution in [0.25, 0.3) is 0 Å². The molecule has 1 spiro atoms. The van der Waals surface area contributed by atoms with Gasteiger partial charge < -0.3 is 84.0 Å². The molecule has 11 heterocycles. The number of carbonyl (C=O) groups is 1. The van der Waals surface area contributed by atoms with Gasteiger partial charge in [-0.05, 0) is 86.3 Å². The minimum Gasteiger partial charge on any atom is -0.456 e. The summed E-state index contributed by atoms with van der Waals surface area (Å²) in [6.07, 6.45) is -1.49. The standard InChI is InChI=1S/C61H77N13O15/c75-33-46-50(77)52(79)54(81)59(87-46)73-31-38(63-66-73)28-68(29-39-32-74(67-64-39)60-55(82)53(80)51(78)47(34-76)88-60)27-37-30-71(65-62-37)17-19-84-21-23-86-24-22-85-20-18-72-58(83)40-9-1-2-12-43(40)61(72)44-25-35-7-3-13-69-15-5-10-41(48(35)69)56(44)89-57-42-11-6-16-70-14-4-8-36(49(42)70)26-45(57)61/h1-2,9,12,25-26,30-32,46-47,50-55,59-60,75-82H,3-8,10-11,13-24,27-29,33-34H2/t46?,47?,50-,51+,52+,53-,54?,55?,59-,60-/m0/s1. The van der Waals surface area contributed by atoms with Gasteiger partial charge in [-0.25, -0.2) is 14.0 Å². The van der Waals surface area contributed by atoms with Gasteiger partial charge in [-0.2, -0.15) is 0 Å². The van der Waals surface area contributed by atoms with Crippen molar-refractivity contribution in [3.05, 3.63) is 117 Å². The number of nitrogens with zero attached hydrogens (tertiary/aromatic N) is 13. The van der Waals surface area contributed by atoms with Gasteiger partial charge in [0.25, 0.3) is 5.91 Å². The first kappa shape index (κ1) is 60.0. The summed E-state index contributed by atoms with van der Waals surface area (Å²) in [5, 5.41) is 108. The number of fused-ring (bicyclic) bond motifs is 8. The predicted octanol–water partition coefficient (Wildman–Crippen LogP) is -0.391. The second-order valence-corrected chi connectivity index (χ2v) is 24.5. The number of aromatic nitrogens is 9. The summed E-state index contributed by atoms with van der Waals surface area (Å²) < 4.78 is 41.0. The predicted molar refractivity (Wildman–Crippen MR) is 312 cm³/mol. The Morgan fingerprint density at radius 2 is 1.02 bits per heavy atom. The lowest BCUT2D eigenvalue weighted by molar-refractivity contribution is -0.254. The maximum Gasteiger partial charge on any atom is 0.255 e. The molecule has 476 valence electrons. The monoisotopic (exact) mass is 1230 g/mol. The fourth-order valence-electron chi connectivity index (χ4n) is 14.8. The van der Waals surface area contributed by atoms with E-state index in [0.717, 1.165) is 111 Å². The van der Waals surface area contributed by atoms with Crippen LogP contribution in [0.5, 0.6) is 11.5 Å². The molecule has 28 nitrogen and oxygen atoms in total. The number of hydrogen-bond donors (Lipinski definition) is 8. The number of rotatable bonds is 22. The average Bonchev–Trinajstić information content (AvgIpc) is 1.65.